The predicted molar refractivity (Wildman–Crippen MR) is 42.7 cm³/mol. The Balaban J connectivity index is 3.42. The summed E-state index contributed by atoms with van der Waals surface area (Å²) in [5.41, 5.74) is -2.05. The molecule has 15 heavy (non-hydrogen) atoms. The molecule has 0 unspecified atom stereocenters. The minimum atomic E-state index is -3.12. The largest absolute Gasteiger partial charge is 0.480 e. The second kappa shape index (κ2) is 4.16. The normalized spacial score (nSPS) is 10.5. The van der Waals surface area contributed by atoms with Crippen LogP contribution in [0.15, 0.2) is 6.20 Å². The van der Waals surface area contributed by atoms with Crippen LogP contribution in [-0.4, -0.2) is 23.2 Å². The van der Waals surface area contributed by atoms with Crippen LogP contribution in [0, 0.1) is 5.82 Å². The maximum atomic E-state index is 13.2. The molecular formula is C8H6F3NO3. The molecule has 0 aliphatic heterocycles. The highest BCUT2D eigenvalue weighted by molar-refractivity contribution is 5.90. The number of nitrogens with zero attached hydrogens (tertiary/aromatic N) is 1. The zero-order chi connectivity index (χ0) is 11.6. The van der Waals surface area contributed by atoms with Gasteiger partial charge in [-0.05, 0) is 0 Å². The Morgan fingerprint density at radius 1 is 1.60 bits per heavy atom. The van der Waals surface area contributed by atoms with Gasteiger partial charge in [0.2, 0.25) is 5.88 Å². The summed E-state index contributed by atoms with van der Waals surface area (Å²) < 4.78 is 42.1. The number of hydrogen-bond donors (Lipinski definition) is 1. The number of aromatic nitrogens is 1. The van der Waals surface area contributed by atoms with Gasteiger partial charge in [0.15, 0.2) is 11.4 Å². The van der Waals surface area contributed by atoms with Crippen molar-refractivity contribution in [1.82, 2.24) is 4.98 Å². The van der Waals surface area contributed by atoms with Crippen LogP contribution in [0.2, 0.25) is 0 Å². The highest BCUT2D eigenvalue weighted by Gasteiger charge is 2.25. The fraction of sp³-hybridized carbons (Fsp3) is 0.250. The van der Waals surface area contributed by atoms with Gasteiger partial charge < -0.3 is 9.84 Å². The number of carboxylic acid groups (broad SMARTS) is 1. The lowest BCUT2D eigenvalue weighted by Gasteiger charge is -2.07. The molecule has 4 nitrogen and oxygen atoms in total. The number of methoxy groups -OCH3 is 1. The molecule has 1 heterocycles. The van der Waals surface area contributed by atoms with Gasteiger partial charge in [-0.15, -0.1) is 0 Å². The van der Waals surface area contributed by atoms with Crippen LogP contribution in [0.5, 0.6) is 5.88 Å². The molecule has 7 heteroatoms. The van der Waals surface area contributed by atoms with E-state index in [2.05, 4.69) is 9.72 Å². The van der Waals surface area contributed by atoms with Crippen LogP contribution in [0.1, 0.15) is 22.3 Å². The zero-order valence-electron chi connectivity index (χ0n) is 7.50. The molecule has 1 aromatic rings. The van der Waals surface area contributed by atoms with E-state index in [1.807, 2.05) is 0 Å². The second-order valence-corrected chi connectivity index (χ2v) is 2.52. The van der Waals surface area contributed by atoms with Gasteiger partial charge in [0.05, 0.1) is 12.7 Å². The van der Waals surface area contributed by atoms with E-state index < -0.39 is 35.2 Å². The number of halogens is 3. The highest BCUT2D eigenvalue weighted by Crippen LogP contribution is 2.27. The molecule has 0 aliphatic carbocycles. The standard InChI is InChI=1S/C8H6F3NO3/c1-15-7-4(8(13)14)5(9)3(2-12-7)6(10)11/h2,6H,1H3,(H,13,14). The van der Waals surface area contributed by atoms with Crippen LogP contribution in [-0.2, 0) is 0 Å². The number of carbonyl (C=O) groups is 1. The Labute approximate surface area is 82.3 Å². The molecule has 0 fully saturated rings. The molecule has 0 saturated carbocycles. The van der Waals surface area contributed by atoms with Crippen molar-refractivity contribution in [1.29, 1.82) is 0 Å². The number of hydrogen-bond acceptors (Lipinski definition) is 3. The van der Waals surface area contributed by atoms with E-state index in [4.69, 9.17) is 5.11 Å². The first-order chi connectivity index (χ1) is 6.99. The van der Waals surface area contributed by atoms with Gasteiger partial charge in [-0.3, -0.25) is 0 Å². The summed E-state index contributed by atoms with van der Waals surface area (Å²) in [6.07, 6.45) is -2.58. The Bertz CT molecular complexity index is 395. The van der Waals surface area contributed by atoms with E-state index in [1.165, 1.54) is 0 Å². The number of ether oxygens (including phenoxy) is 1. The molecule has 0 aliphatic rings. The monoisotopic (exact) mass is 221 g/mol. The van der Waals surface area contributed by atoms with Crippen LogP contribution in [0.3, 0.4) is 0 Å². The third-order valence-electron chi connectivity index (χ3n) is 1.65. The molecule has 1 N–H and O–H groups in total. The van der Waals surface area contributed by atoms with E-state index >= 15 is 0 Å². The Morgan fingerprint density at radius 2 is 2.20 bits per heavy atom. The third-order valence-corrected chi connectivity index (χ3v) is 1.65. The smallest absolute Gasteiger partial charge is 0.344 e. The number of aromatic carboxylic acids is 1. The van der Waals surface area contributed by atoms with Crippen LogP contribution in [0.25, 0.3) is 0 Å². The maximum absolute atomic E-state index is 13.2. The number of pyridine rings is 1. The fourth-order valence-corrected chi connectivity index (χ4v) is 0.980. The van der Waals surface area contributed by atoms with Crippen molar-refractivity contribution >= 4 is 5.97 Å². The molecule has 0 amide bonds. The van der Waals surface area contributed by atoms with Crippen molar-refractivity contribution in [3.8, 4) is 5.88 Å². The van der Waals surface area contributed by atoms with Crippen LogP contribution >= 0.6 is 0 Å². The molecule has 0 atom stereocenters. The molecule has 0 bridgehead atoms. The van der Waals surface area contributed by atoms with Gasteiger partial charge in [-0.1, -0.05) is 0 Å². The maximum Gasteiger partial charge on any atom is 0.344 e. The quantitative estimate of drug-likeness (QED) is 0.846. The summed E-state index contributed by atoms with van der Waals surface area (Å²) in [6, 6.07) is 0. The molecule has 1 rings (SSSR count). The lowest BCUT2D eigenvalue weighted by Crippen LogP contribution is -2.09. The molecule has 0 radical (unpaired) electrons. The number of alkyl halides is 2. The molecule has 82 valence electrons. The van der Waals surface area contributed by atoms with Crippen molar-refractivity contribution in [3.63, 3.8) is 0 Å². The summed E-state index contributed by atoms with van der Waals surface area (Å²) in [6.45, 7) is 0. The van der Waals surface area contributed by atoms with Crippen molar-refractivity contribution < 1.29 is 27.8 Å². The summed E-state index contributed by atoms with van der Waals surface area (Å²) in [7, 11) is 1.07. The molecule has 0 saturated heterocycles. The lowest BCUT2D eigenvalue weighted by atomic mass is 10.2. The van der Waals surface area contributed by atoms with Gasteiger partial charge in [0, 0.05) is 6.20 Å². The molecular weight excluding hydrogens is 215 g/mol. The first kappa shape index (κ1) is 11.3. The second-order valence-electron chi connectivity index (χ2n) is 2.52. The van der Waals surface area contributed by atoms with Gasteiger partial charge in [-0.2, -0.15) is 0 Å². The van der Waals surface area contributed by atoms with Gasteiger partial charge in [-0.25, -0.2) is 22.9 Å². The Hall–Kier alpha value is -1.79. The minimum Gasteiger partial charge on any atom is -0.480 e. The molecule has 1 aromatic heterocycles. The zero-order valence-corrected chi connectivity index (χ0v) is 7.50. The van der Waals surface area contributed by atoms with Gasteiger partial charge in [0.1, 0.15) is 0 Å². The lowest BCUT2D eigenvalue weighted by molar-refractivity contribution is 0.0685. The van der Waals surface area contributed by atoms with Crippen molar-refractivity contribution in [2.75, 3.05) is 7.11 Å². The van der Waals surface area contributed by atoms with E-state index in [0.29, 0.717) is 6.20 Å². The number of rotatable bonds is 3. The Kier molecular flexibility index (Phi) is 3.13. The fourth-order valence-electron chi connectivity index (χ4n) is 0.980. The van der Waals surface area contributed by atoms with E-state index in [1.54, 1.807) is 0 Å². The molecule has 0 aromatic carbocycles. The van der Waals surface area contributed by atoms with E-state index in [0.717, 1.165) is 7.11 Å². The average Bonchev–Trinajstić information content (AvgIpc) is 2.15. The average molecular weight is 221 g/mol. The van der Waals surface area contributed by atoms with Crippen molar-refractivity contribution in [2.24, 2.45) is 0 Å². The SMILES string of the molecule is COc1ncc(C(F)F)c(F)c1C(=O)O. The molecule has 0 spiro atoms. The third kappa shape index (κ3) is 2.00. The highest BCUT2D eigenvalue weighted by atomic mass is 19.3. The number of carboxylic acids is 1. The first-order valence-corrected chi connectivity index (χ1v) is 3.72. The summed E-state index contributed by atoms with van der Waals surface area (Å²) >= 11 is 0. The van der Waals surface area contributed by atoms with E-state index in [-0.39, 0.29) is 0 Å². The minimum absolute atomic E-state index is 0.538. The topological polar surface area (TPSA) is 59.4 Å². The van der Waals surface area contributed by atoms with Crippen LogP contribution in [0.4, 0.5) is 13.2 Å². The predicted octanol–water partition coefficient (Wildman–Crippen LogP) is 1.87. The summed E-state index contributed by atoms with van der Waals surface area (Å²) in [5, 5.41) is 8.58. The van der Waals surface area contributed by atoms with Gasteiger partial charge in [0.25, 0.3) is 6.43 Å². The summed E-state index contributed by atoms with van der Waals surface area (Å²) in [5.74, 6) is -3.77. The van der Waals surface area contributed by atoms with E-state index in [9.17, 15) is 18.0 Å². The van der Waals surface area contributed by atoms with Gasteiger partial charge >= 0.3 is 5.97 Å². The van der Waals surface area contributed by atoms with Crippen LogP contribution < -0.4 is 4.74 Å². The van der Waals surface area contributed by atoms with Crippen molar-refractivity contribution in [2.45, 2.75) is 6.43 Å². The van der Waals surface area contributed by atoms with Crippen molar-refractivity contribution in [3.05, 3.63) is 23.1 Å². The first-order valence-electron chi connectivity index (χ1n) is 3.72. The summed E-state index contributed by atoms with van der Waals surface area (Å²) in [4.78, 5) is 13.8. The Morgan fingerprint density at radius 3 is 2.60 bits per heavy atom.